The van der Waals surface area contributed by atoms with Crippen molar-refractivity contribution in [3.63, 3.8) is 0 Å². The molecule has 8 aromatic carbocycles. The number of benzene rings is 8. The van der Waals surface area contributed by atoms with E-state index in [1.807, 2.05) is 60.7 Å². The molecule has 242 valence electrons. The summed E-state index contributed by atoms with van der Waals surface area (Å²) in [6.45, 7) is 0. The van der Waals surface area contributed by atoms with Crippen LogP contribution in [-0.2, 0) is 0 Å². The Morgan fingerprint density at radius 2 is 0.942 bits per heavy atom. The van der Waals surface area contributed by atoms with E-state index in [4.69, 9.17) is 19.4 Å². The van der Waals surface area contributed by atoms with E-state index in [9.17, 15) is 0 Å². The number of furan rings is 1. The van der Waals surface area contributed by atoms with E-state index in [-0.39, 0.29) is 0 Å². The van der Waals surface area contributed by atoms with Gasteiger partial charge in [-0.05, 0) is 46.7 Å². The fraction of sp³-hybridized carbons (Fsp3) is 0. The molecule has 0 spiro atoms. The highest BCUT2D eigenvalue weighted by Crippen LogP contribution is 2.52. The quantitative estimate of drug-likeness (QED) is 0.187. The average Bonchev–Trinajstić information content (AvgIpc) is 3.60. The van der Waals surface area contributed by atoms with Crippen molar-refractivity contribution in [2.24, 2.45) is 0 Å². The number of hydrogen-bond donors (Lipinski definition) is 0. The molecule has 0 bridgehead atoms. The smallest absolute Gasteiger partial charge is 0.167 e. The normalized spacial score (nSPS) is 12.2. The van der Waals surface area contributed by atoms with Gasteiger partial charge >= 0.3 is 0 Å². The molecule has 3 heterocycles. The maximum atomic E-state index is 6.45. The topological polar surface area (TPSA) is 55.1 Å². The summed E-state index contributed by atoms with van der Waals surface area (Å²) in [5, 5.41) is 6.74. The van der Waals surface area contributed by atoms with Crippen molar-refractivity contribution < 1.29 is 4.42 Å². The largest absolute Gasteiger partial charge is 0.455 e. The van der Waals surface area contributed by atoms with Crippen molar-refractivity contribution in [3.8, 4) is 45.3 Å². The molecule has 0 unspecified atom stereocenters. The van der Waals surface area contributed by atoms with Gasteiger partial charge in [0.2, 0.25) is 0 Å². The van der Waals surface area contributed by atoms with Crippen LogP contribution in [0.4, 0.5) is 17.1 Å². The van der Waals surface area contributed by atoms with Crippen LogP contribution in [0.25, 0.3) is 88.8 Å². The lowest BCUT2D eigenvalue weighted by Gasteiger charge is -2.34. The number of aromatic nitrogens is 3. The zero-order valence-electron chi connectivity index (χ0n) is 27.9. The van der Waals surface area contributed by atoms with Crippen molar-refractivity contribution in [1.82, 2.24) is 15.0 Å². The monoisotopic (exact) mass is 664 g/mol. The lowest BCUT2D eigenvalue weighted by Crippen LogP contribution is -2.15. The molecule has 0 amide bonds. The minimum absolute atomic E-state index is 0.565. The Bertz CT molecular complexity index is 3030. The van der Waals surface area contributed by atoms with Crippen LogP contribution in [-0.4, -0.2) is 15.0 Å². The molecule has 10 aromatic rings. The molecule has 2 aromatic heterocycles. The molecule has 5 nitrogen and oxygen atoms in total. The third-order valence-electron chi connectivity index (χ3n) is 10.3. The van der Waals surface area contributed by atoms with Gasteiger partial charge in [0.25, 0.3) is 0 Å². The van der Waals surface area contributed by atoms with Crippen LogP contribution in [0.1, 0.15) is 0 Å². The molecule has 52 heavy (non-hydrogen) atoms. The second-order valence-corrected chi connectivity index (χ2v) is 13.2. The van der Waals surface area contributed by atoms with Gasteiger partial charge < -0.3 is 9.32 Å². The van der Waals surface area contributed by atoms with Crippen LogP contribution in [0.15, 0.2) is 174 Å². The maximum Gasteiger partial charge on any atom is 0.167 e. The van der Waals surface area contributed by atoms with E-state index >= 15 is 0 Å². The molecular weight excluding hydrogens is 637 g/mol. The highest BCUT2D eigenvalue weighted by atomic mass is 16.3. The van der Waals surface area contributed by atoms with Gasteiger partial charge in [0.15, 0.2) is 17.5 Å². The van der Waals surface area contributed by atoms with Gasteiger partial charge in [-0.2, -0.15) is 0 Å². The van der Waals surface area contributed by atoms with Crippen LogP contribution in [0.2, 0.25) is 0 Å². The lowest BCUT2D eigenvalue weighted by atomic mass is 9.90. The third-order valence-corrected chi connectivity index (χ3v) is 10.3. The van der Waals surface area contributed by atoms with E-state index in [0.29, 0.717) is 17.5 Å². The van der Waals surface area contributed by atoms with Crippen LogP contribution >= 0.6 is 0 Å². The van der Waals surface area contributed by atoms with Crippen molar-refractivity contribution in [3.05, 3.63) is 170 Å². The Morgan fingerprint density at radius 3 is 1.85 bits per heavy atom. The van der Waals surface area contributed by atoms with Gasteiger partial charge in [0.05, 0.1) is 22.6 Å². The molecule has 0 saturated heterocycles. The molecule has 0 aliphatic carbocycles. The molecule has 0 saturated carbocycles. The second kappa shape index (κ2) is 11.2. The van der Waals surface area contributed by atoms with Crippen molar-refractivity contribution in [2.75, 3.05) is 4.90 Å². The number of fused-ring (bicyclic) bond motifs is 6. The molecule has 5 heteroatoms. The Morgan fingerprint density at radius 1 is 0.365 bits per heavy atom. The summed E-state index contributed by atoms with van der Waals surface area (Å²) < 4.78 is 6.45. The molecule has 0 atom stereocenters. The molecule has 1 aliphatic heterocycles. The van der Waals surface area contributed by atoms with Crippen LogP contribution < -0.4 is 4.90 Å². The first-order valence-corrected chi connectivity index (χ1v) is 17.5. The first kappa shape index (κ1) is 28.7. The fourth-order valence-electron chi connectivity index (χ4n) is 7.96. The number of hydrogen-bond acceptors (Lipinski definition) is 5. The van der Waals surface area contributed by atoms with E-state index < -0.39 is 0 Å². The summed E-state index contributed by atoms with van der Waals surface area (Å²) in [6, 6.07) is 59.2. The summed E-state index contributed by atoms with van der Waals surface area (Å²) in [4.78, 5) is 17.8. The highest BCUT2D eigenvalue weighted by molar-refractivity contribution is 6.16. The molecule has 0 fully saturated rings. The van der Waals surface area contributed by atoms with Crippen LogP contribution in [0.5, 0.6) is 0 Å². The lowest BCUT2D eigenvalue weighted by molar-refractivity contribution is 0.669. The fourth-order valence-corrected chi connectivity index (χ4v) is 7.96. The predicted octanol–water partition coefficient (Wildman–Crippen LogP) is 12.5. The Labute approximate surface area is 299 Å². The van der Waals surface area contributed by atoms with Crippen LogP contribution in [0, 0.1) is 0 Å². The molecule has 0 N–H and O–H groups in total. The summed E-state index contributed by atoms with van der Waals surface area (Å²) >= 11 is 0. The van der Waals surface area contributed by atoms with Crippen LogP contribution in [0.3, 0.4) is 0 Å². The van der Waals surface area contributed by atoms with E-state index in [0.717, 1.165) is 66.5 Å². The van der Waals surface area contributed by atoms with Gasteiger partial charge in [0, 0.05) is 38.2 Å². The molecule has 11 rings (SSSR count). The molecule has 0 radical (unpaired) electrons. The van der Waals surface area contributed by atoms with Gasteiger partial charge in [-0.25, -0.2) is 15.0 Å². The minimum atomic E-state index is 0.565. The zero-order chi connectivity index (χ0) is 34.2. The Balaban J connectivity index is 1.15. The maximum absolute atomic E-state index is 6.45. The SMILES string of the molecule is c1ccc(-c2nc(-c3cccc4c(N5c6ccccc6-c6cccc7cccc5c67)cccc34)nc(-c3cccc4c3oc3ccccc34)n2)cc1. The highest BCUT2D eigenvalue weighted by Gasteiger charge is 2.27. The average molecular weight is 665 g/mol. The number of para-hydroxylation sites is 3. The summed E-state index contributed by atoms with van der Waals surface area (Å²) in [6.07, 6.45) is 0. The summed E-state index contributed by atoms with van der Waals surface area (Å²) in [5.74, 6) is 1.77. The second-order valence-electron chi connectivity index (χ2n) is 13.2. The zero-order valence-corrected chi connectivity index (χ0v) is 27.9. The van der Waals surface area contributed by atoms with Crippen molar-refractivity contribution in [2.45, 2.75) is 0 Å². The van der Waals surface area contributed by atoms with Gasteiger partial charge in [-0.3, -0.25) is 0 Å². The first-order valence-electron chi connectivity index (χ1n) is 17.5. The number of anilines is 3. The number of rotatable bonds is 4. The van der Waals surface area contributed by atoms with Gasteiger partial charge in [0.1, 0.15) is 11.2 Å². The molecule has 1 aliphatic rings. The van der Waals surface area contributed by atoms with Crippen molar-refractivity contribution >= 4 is 60.5 Å². The first-order chi connectivity index (χ1) is 25.8. The predicted molar refractivity (Wildman–Crippen MR) is 212 cm³/mol. The third kappa shape index (κ3) is 4.26. The minimum Gasteiger partial charge on any atom is -0.455 e. The molecular formula is C47H28N4O. The van der Waals surface area contributed by atoms with Gasteiger partial charge in [-0.15, -0.1) is 0 Å². The van der Waals surface area contributed by atoms with E-state index in [1.54, 1.807) is 0 Å². The number of nitrogens with zero attached hydrogens (tertiary/aromatic N) is 4. The Hall–Kier alpha value is -7.11. The van der Waals surface area contributed by atoms with E-state index in [2.05, 4.69) is 114 Å². The van der Waals surface area contributed by atoms with E-state index in [1.165, 1.54) is 21.9 Å². The summed E-state index contributed by atoms with van der Waals surface area (Å²) in [7, 11) is 0. The standard InChI is InChI=1S/C47H28N4O/c1-2-13-30(14-3-1)45-48-46(50-47(49-45)38-24-11-22-36-34-18-5-7-28-42(34)52-44(36)38)37-23-10-20-32-31(37)19-12-26-40(32)51-39-25-6-4-17-33(39)35-21-8-15-29-16-9-27-41(51)43(29)35/h1-28H. The summed E-state index contributed by atoms with van der Waals surface area (Å²) in [5.41, 5.74) is 10.2. The van der Waals surface area contributed by atoms with Crippen molar-refractivity contribution in [1.29, 1.82) is 0 Å². The Kier molecular flexibility index (Phi) is 6.18. The van der Waals surface area contributed by atoms with Gasteiger partial charge in [-0.1, -0.05) is 140 Å².